The minimum atomic E-state index is -0.792. The van der Waals surface area contributed by atoms with Gasteiger partial charge in [-0.3, -0.25) is 9.79 Å². The van der Waals surface area contributed by atoms with Gasteiger partial charge < -0.3 is 5.11 Å². The van der Waals surface area contributed by atoms with Gasteiger partial charge >= 0.3 is 5.97 Å². The Labute approximate surface area is 89.4 Å². The van der Waals surface area contributed by atoms with Gasteiger partial charge in [0.1, 0.15) is 5.25 Å². The Bertz CT molecular complexity index is 253. The van der Waals surface area contributed by atoms with Gasteiger partial charge in [0.2, 0.25) is 0 Å². The highest BCUT2D eigenvalue weighted by Gasteiger charge is 2.19. The van der Waals surface area contributed by atoms with Crippen molar-refractivity contribution in [1.82, 2.24) is 0 Å². The minimum absolute atomic E-state index is 0.426. The van der Waals surface area contributed by atoms with E-state index >= 15 is 0 Å². The summed E-state index contributed by atoms with van der Waals surface area (Å²) in [6.07, 6.45) is 5.53. The van der Waals surface area contributed by atoms with Crippen molar-refractivity contribution in [3.8, 4) is 0 Å². The van der Waals surface area contributed by atoms with E-state index in [0.29, 0.717) is 5.33 Å². The fourth-order valence-corrected chi connectivity index (χ4v) is 2.41. The number of aliphatic imine (C=N–C) groups is 1. The molecule has 1 rings (SSSR count). The van der Waals surface area contributed by atoms with Gasteiger partial charge in [0.25, 0.3) is 0 Å². The van der Waals surface area contributed by atoms with Crippen LogP contribution >= 0.6 is 27.7 Å². The predicted molar refractivity (Wildman–Crippen MR) is 58.6 cm³/mol. The van der Waals surface area contributed by atoms with Crippen LogP contribution in [0.2, 0.25) is 0 Å². The molecule has 0 saturated heterocycles. The van der Waals surface area contributed by atoms with Crippen molar-refractivity contribution in [2.75, 3.05) is 5.33 Å². The molecule has 1 aliphatic rings. The van der Waals surface area contributed by atoms with E-state index in [1.807, 2.05) is 6.08 Å². The van der Waals surface area contributed by atoms with Gasteiger partial charge in [-0.2, -0.15) is 0 Å². The van der Waals surface area contributed by atoms with Crippen LogP contribution in [0.15, 0.2) is 17.3 Å². The number of alkyl halides is 1. The molecule has 1 unspecified atom stereocenters. The molecule has 0 fully saturated rings. The molecular formula is C8H10BrNO2S. The predicted octanol–water partition coefficient (Wildman–Crippen LogP) is 2.27. The summed E-state index contributed by atoms with van der Waals surface area (Å²) in [6, 6.07) is 0. The maximum atomic E-state index is 10.7. The first-order valence-electron chi connectivity index (χ1n) is 3.91. The zero-order valence-electron chi connectivity index (χ0n) is 6.94. The topological polar surface area (TPSA) is 49.7 Å². The van der Waals surface area contributed by atoms with Crippen LogP contribution in [0.4, 0.5) is 0 Å². The lowest BCUT2D eigenvalue weighted by Gasteiger charge is -2.11. The first-order chi connectivity index (χ1) is 6.24. The maximum Gasteiger partial charge on any atom is 0.317 e. The Morgan fingerprint density at radius 2 is 2.62 bits per heavy atom. The molecule has 3 nitrogen and oxygen atoms in total. The standard InChI is InChI=1S/C8H10BrNO2S/c9-5-6(8(11)12)13-7-3-1-2-4-10-7/h2,4,6H,1,3,5H2,(H,11,12). The minimum Gasteiger partial charge on any atom is -0.480 e. The summed E-state index contributed by atoms with van der Waals surface area (Å²) in [6.45, 7) is 0. The largest absolute Gasteiger partial charge is 0.480 e. The lowest BCUT2D eigenvalue weighted by atomic mass is 10.3. The summed E-state index contributed by atoms with van der Waals surface area (Å²) in [4.78, 5) is 14.8. The van der Waals surface area contributed by atoms with Gasteiger partial charge in [0.05, 0.1) is 5.04 Å². The molecular weight excluding hydrogens is 254 g/mol. The van der Waals surface area contributed by atoms with Crippen LogP contribution < -0.4 is 0 Å². The summed E-state index contributed by atoms with van der Waals surface area (Å²) in [5.41, 5.74) is 0. The van der Waals surface area contributed by atoms with E-state index in [1.165, 1.54) is 11.8 Å². The second kappa shape index (κ2) is 5.44. The number of allylic oxidation sites excluding steroid dienone is 1. The van der Waals surface area contributed by atoms with E-state index in [0.717, 1.165) is 17.9 Å². The Morgan fingerprint density at radius 3 is 3.08 bits per heavy atom. The molecule has 1 aliphatic heterocycles. The van der Waals surface area contributed by atoms with Gasteiger partial charge in [-0.05, 0) is 12.8 Å². The molecule has 0 aromatic rings. The number of carboxylic acids is 1. The average molecular weight is 264 g/mol. The summed E-state index contributed by atoms with van der Waals surface area (Å²) in [5.74, 6) is -0.792. The van der Waals surface area contributed by atoms with Crippen LogP contribution in [0.1, 0.15) is 12.8 Å². The lowest BCUT2D eigenvalue weighted by Crippen LogP contribution is -2.20. The van der Waals surface area contributed by atoms with Crippen molar-refractivity contribution in [3.63, 3.8) is 0 Å². The first kappa shape index (κ1) is 10.8. The molecule has 0 aliphatic carbocycles. The molecule has 0 spiro atoms. The van der Waals surface area contributed by atoms with Crippen LogP contribution in [0.5, 0.6) is 0 Å². The lowest BCUT2D eigenvalue weighted by molar-refractivity contribution is -0.135. The number of hydrogen-bond donors (Lipinski definition) is 1. The van der Waals surface area contributed by atoms with Gasteiger partial charge in [-0.15, -0.1) is 0 Å². The SMILES string of the molecule is O=C(O)C(CBr)SC1=NC=CCC1. The second-order valence-corrected chi connectivity index (χ2v) is 4.47. The van der Waals surface area contributed by atoms with Crippen molar-refractivity contribution < 1.29 is 9.90 Å². The normalized spacial score (nSPS) is 18.1. The summed E-state index contributed by atoms with van der Waals surface area (Å²) in [5, 5.41) is 9.72. The Kier molecular flexibility index (Phi) is 4.52. The van der Waals surface area contributed by atoms with Crippen LogP contribution in [0.25, 0.3) is 0 Å². The number of aliphatic carboxylic acids is 1. The van der Waals surface area contributed by atoms with Crippen molar-refractivity contribution in [3.05, 3.63) is 12.3 Å². The summed E-state index contributed by atoms with van der Waals surface area (Å²) in [7, 11) is 0. The van der Waals surface area contributed by atoms with E-state index in [4.69, 9.17) is 5.11 Å². The van der Waals surface area contributed by atoms with E-state index in [1.54, 1.807) is 6.20 Å². The molecule has 0 amide bonds. The number of rotatable bonds is 3. The molecule has 13 heavy (non-hydrogen) atoms. The average Bonchev–Trinajstić information content (AvgIpc) is 2.15. The number of hydrogen-bond acceptors (Lipinski definition) is 3. The third kappa shape index (κ3) is 3.52. The van der Waals surface area contributed by atoms with Crippen molar-refractivity contribution in [1.29, 1.82) is 0 Å². The van der Waals surface area contributed by atoms with Crippen LogP contribution in [-0.4, -0.2) is 26.7 Å². The summed E-state index contributed by atoms with van der Waals surface area (Å²) >= 11 is 4.49. The zero-order chi connectivity index (χ0) is 9.68. The first-order valence-corrected chi connectivity index (χ1v) is 5.91. The zero-order valence-corrected chi connectivity index (χ0v) is 9.34. The van der Waals surface area contributed by atoms with E-state index < -0.39 is 11.2 Å². The Hall–Kier alpha value is -0.290. The van der Waals surface area contributed by atoms with E-state index in [9.17, 15) is 4.79 Å². The van der Waals surface area contributed by atoms with Crippen LogP contribution in [-0.2, 0) is 4.79 Å². The van der Waals surface area contributed by atoms with E-state index in [-0.39, 0.29) is 0 Å². The highest BCUT2D eigenvalue weighted by Crippen LogP contribution is 2.21. The quantitative estimate of drug-likeness (QED) is 0.795. The fraction of sp³-hybridized carbons (Fsp3) is 0.500. The maximum absolute atomic E-state index is 10.7. The van der Waals surface area contributed by atoms with Gasteiger partial charge in [-0.1, -0.05) is 33.8 Å². The Morgan fingerprint density at radius 1 is 1.85 bits per heavy atom. The highest BCUT2D eigenvalue weighted by atomic mass is 79.9. The van der Waals surface area contributed by atoms with Gasteiger partial charge in [-0.25, -0.2) is 0 Å². The van der Waals surface area contributed by atoms with Gasteiger partial charge in [0, 0.05) is 11.5 Å². The smallest absolute Gasteiger partial charge is 0.317 e. The molecule has 0 aromatic carbocycles. The Balaban J connectivity index is 2.50. The monoisotopic (exact) mass is 263 g/mol. The van der Waals surface area contributed by atoms with E-state index in [2.05, 4.69) is 20.9 Å². The van der Waals surface area contributed by atoms with Crippen molar-refractivity contribution in [2.45, 2.75) is 18.1 Å². The van der Waals surface area contributed by atoms with Crippen molar-refractivity contribution in [2.24, 2.45) is 4.99 Å². The molecule has 0 saturated carbocycles. The van der Waals surface area contributed by atoms with Crippen molar-refractivity contribution >= 4 is 38.7 Å². The molecule has 1 N–H and O–H groups in total. The molecule has 0 aromatic heterocycles. The van der Waals surface area contributed by atoms with Crippen LogP contribution in [0, 0.1) is 0 Å². The summed E-state index contributed by atoms with van der Waals surface area (Å²) < 4.78 is 0. The molecule has 0 bridgehead atoms. The number of halogens is 1. The molecule has 1 heterocycles. The van der Waals surface area contributed by atoms with Crippen LogP contribution in [0.3, 0.4) is 0 Å². The molecule has 0 radical (unpaired) electrons. The fourth-order valence-electron chi connectivity index (χ4n) is 0.883. The molecule has 72 valence electrons. The number of thioether (sulfide) groups is 1. The third-order valence-electron chi connectivity index (χ3n) is 1.54. The number of carboxylic acid groups (broad SMARTS) is 1. The third-order valence-corrected chi connectivity index (χ3v) is 3.85. The highest BCUT2D eigenvalue weighted by molar-refractivity contribution is 9.09. The van der Waals surface area contributed by atoms with Gasteiger partial charge in [0.15, 0.2) is 0 Å². The second-order valence-electron chi connectivity index (χ2n) is 2.55. The molecule has 5 heteroatoms. The molecule has 1 atom stereocenters. The number of carbonyl (C=O) groups is 1. The number of nitrogens with zero attached hydrogens (tertiary/aromatic N) is 1.